The fourth-order valence-electron chi connectivity index (χ4n) is 1.29. The van der Waals surface area contributed by atoms with Gasteiger partial charge in [0.05, 0.1) is 6.67 Å². The fraction of sp³-hybridized carbons (Fsp3) is 0.273. The zero-order valence-corrected chi connectivity index (χ0v) is 10.9. The van der Waals surface area contributed by atoms with Crippen LogP contribution in [-0.4, -0.2) is 23.5 Å². The first-order valence-corrected chi connectivity index (χ1v) is 5.95. The van der Waals surface area contributed by atoms with Crippen LogP contribution in [0.3, 0.4) is 0 Å². The largest absolute Gasteiger partial charge is 0.372 e. The second-order valence-corrected chi connectivity index (χ2v) is 4.49. The molecule has 1 rings (SSSR count). The lowest BCUT2D eigenvalue weighted by Gasteiger charge is -2.11. The molecule has 3 heteroatoms. The zero-order chi connectivity index (χ0) is 10.4. The molecule has 14 heavy (non-hydrogen) atoms. The predicted octanol–water partition coefficient (Wildman–Crippen LogP) is 1.00. The maximum absolute atomic E-state index is 4.02. The van der Waals surface area contributed by atoms with Crippen LogP contribution in [0.15, 0.2) is 30.8 Å². The summed E-state index contributed by atoms with van der Waals surface area (Å²) in [6.07, 6.45) is 0. The number of hydrogen-bond acceptors (Lipinski definition) is 2. The summed E-state index contributed by atoms with van der Waals surface area (Å²) in [4.78, 5) is 0. The second kappa shape index (κ2) is 5.62. The summed E-state index contributed by atoms with van der Waals surface area (Å²) in [5.74, 6) is 0. The van der Waals surface area contributed by atoms with E-state index in [1.54, 1.807) is 0 Å². The van der Waals surface area contributed by atoms with Gasteiger partial charge in [-0.3, -0.25) is 0 Å². The van der Waals surface area contributed by atoms with Crippen molar-refractivity contribution in [3.63, 3.8) is 0 Å². The van der Waals surface area contributed by atoms with Gasteiger partial charge >= 0.3 is 0 Å². The lowest BCUT2D eigenvalue weighted by Crippen LogP contribution is -2.21. The molecular formula is C11H18N2Si. The number of hydrogen-bond donors (Lipinski definition) is 2. The third-order valence-corrected chi connectivity index (χ3v) is 2.58. The van der Waals surface area contributed by atoms with Crippen molar-refractivity contribution < 1.29 is 0 Å². The molecule has 0 spiro atoms. The van der Waals surface area contributed by atoms with E-state index in [1.165, 1.54) is 16.4 Å². The number of nitrogens with one attached hydrogen (secondary N) is 2. The van der Waals surface area contributed by atoms with Gasteiger partial charge in [-0.15, -0.1) is 6.58 Å². The Labute approximate surface area is 88.8 Å². The first-order valence-electron chi connectivity index (χ1n) is 4.95. The van der Waals surface area contributed by atoms with Crippen LogP contribution in [0, 0.1) is 0 Å². The molecule has 2 N–H and O–H groups in total. The van der Waals surface area contributed by atoms with E-state index in [1.807, 2.05) is 6.07 Å². The summed E-state index contributed by atoms with van der Waals surface area (Å²) in [7, 11) is 1.01. The zero-order valence-electron chi connectivity index (χ0n) is 8.93. The Kier molecular flexibility index (Phi) is 4.42. The minimum atomic E-state index is 0.808. The van der Waals surface area contributed by atoms with Crippen LogP contribution < -0.4 is 10.6 Å². The minimum absolute atomic E-state index is 0.808. The van der Waals surface area contributed by atoms with Gasteiger partial charge in [0.2, 0.25) is 0 Å². The average Bonchev–Trinajstić information content (AvgIpc) is 2.19. The van der Waals surface area contributed by atoms with Crippen LogP contribution in [0.1, 0.15) is 12.5 Å². The van der Waals surface area contributed by atoms with Gasteiger partial charge in [-0.1, -0.05) is 30.3 Å². The summed E-state index contributed by atoms with van der Waals surface area (Å²) in [6, 6.07) is 8.30. The lowest BCUT2D eigenvalue weighted by molar-refractivity contribution is 0.771. The van der Waals surface area contributed by atoms with Crippen molar-refractivity contribution in [1.29, 1.82) is 0 Å². The van der Waals surface area contributed by atoms with E-state index < -0.39 is 0 Å². The molecule has 0 saturated heterocycles. The van der Waals surface area contributed by atoms with E-state index in [-0.39, 0.29) is 0 Å². The summed E-state index contributed by atoms with van der Waals surface area (Å²) in [5, 5.41) is 7.81. The van der Waals surface area contributed by atoms with Gasteiger partial charge in [0.25, 0.3) is 0 Å². The second-order valence-electron chi connectivity index (χ2n) is 3.28. The SMILES string of the molecule is C=C([SiH3])c1ccccc1NCNCC. The van der Waals surface area contributed by atoms with Gasteiger partial charge in [-0.05, 0) is 18.2 Å². The van der Waals surface area contributed by atoms with Crippen LogP contribution in [0.4, 0.5) is 5.69 Å². The summed E-state index contributed by atoms with van der Waals surface area (Å²) < 4.78 is 0. The van der Waals surface area contributed by atoms with Gasteiger partial charge in [-0.2, -0.15) is 0 Å². The number of para-hydroxylation sites is 1. The van der Waals surface area contributed by atoms with Crippen LogP contribution >= 0.6 is 0 Å². The van der Waals surface area contributed by atoms with Crippen molar-refractivity contribution in [2.75, 3.05) is 18.5 Å². The Balaban J connectivity index is 2.69. The molecule has 1 aromatic carbocycles. The Bertz CT molecular complexity index is 310. The molecule has 0 amide bonds. The molecule has 2 nitrogen and oxygen atoms in total. The first-order chi connectivity index (χ1) is 6.75. The highest BCUT2D eigenvalue weighted by Gasteiger charge is 1.99. The number of anilines is 1. The fourth-order valence-corrected chi connectivity index (χ4v) is 1.73. The third-order valence-electron chi connectivity index (χ3n) is 2.04. The molecule has 0 aliphatic rings. The summed E-state index contributed by atoms with van der Waals surface area (Å²) in [5.41, 5.74) is 2.42. The van der Waals surface area contributed by atoms with Crippen molar-refractivity contribution in [1.82, 2.24) is 5.32 Å². The van der Waals surface area contributed by atoms with Gasteiger partial charge in [0.15, 0.2) is 0 Å². The molecular weight excluding hydrogens is 188 g/mol. The van der Waals surface area contributed by atoms with Crippen molar-refractivity contribution in [3.8, 4) is 0 Å². The lowest BCUT2D eigenvalue weighted by atomic mass is 10.2. The van der Waals surface area contributed by atoms with Gasteiger partial charge in [0.1, 0.15) is 0 Å². The van der Waals surface area contributed by atoms with Crippen molar-refractivity contribution in [3.05, 3.63) is 36.4 Å². The van der Waals surface area contributed by atoms with Gasteiger partial charge in [0, 0.05) is 15.9 Å². The van der Waals surface area contributed by atoms with E-state index >= 15 is 0 Å². The van der Waals surface area contributed by atoms with Crippen LogP contribution in [0.5, 0.6) is 0 Å². The molecule has 0 aliphatic carbocycles. The van der Waals surface area contributed by atoms with E-state index in [4.69, 9.17) is 0 Å². The van der Waals surface area contributed by atoms with Crippen molar-refractivity contribution >= 4 is 21.1 Å². The maximum Gasteiger partial charge on any atom is 0.0653 e. The topological polar surface area (TPSA) is 24.1 Å². The van der Waals surface area contributed by atoms with E-state index in [0.717, 1.165) is 23.5 Å². The van der Waals surface area contributed by atoms with Crippen LogP contribution in [0.25, 0.3) is 5.20 Å². The van der Waals surface area contributed by atoms with Crippen LogP contribution in [0.2, 0.25) is 0 Å². The molecule has 0 atom stereocenters. The summed E-state index contributed by atoms with van der Waals surface area (Å²) in [6.45, 7) is 7.90. The molecule has 0 aromatic heterocycles. The predicted molar refractivity (Wildman–Crippen MR) is 67.6 cm³/mol. The highest BCUT2D eigenvalue weighted by Crippen LogP contribution is 2.19. The quantitative estimate of drug-likeness (QED) is 0.427. The number of benzene rings is 1. The van der Waals surface area contributed by atoms with E-state index in [0.29, 0.717) is 0 Å². The molecule has 0 radical (unpaired) electrons. The molecule has 76 valence electrons. The number of rotatable bonds is 5. The van der Waals surface area contributed by atoms with Gasteiger partial charge < -0.3 is 10.6 Å². The molecule has 0 unspecified atom stereocenters. The van der Waals surface area contributed by atoms with Gasteiger partial charge in [-0.25, -0.2) is 0 Å². The third kappa shape index (κ3) is 3.01. The highest BCUT2D eigenvalue weighted by atomic mass is 28.1. The standard InChI is InChI=1S/C11H18N2Si/c1-3-12-8-13-11-7-5-4-6-10(11)9(2)14/h4-7,12-13H,2-3,8H2,1,14H3. The van der Waals surface area contributed by atoms with Crippen LogP contribution in [-0.2, 0) is 0 Å². The van der Waals surface area contributed by atoms with Crippen molar-refractivity contribution in [2.45, 2.75) is 6.92 Å². The molecule has 0 fully saturated rings. The molecule has 1 aromatic rings. The normalized spacial score (nSPS) is 10.1. The minimum Gasteiger partial charge on any atom is -0.372 e. The summed E-state index contributed by atoms with van der Waals surface area (Å²) >= 11 is 0. The Morgan fingerprint density at radius 2 is 2.14 bits per heavy atom. The Morgan fingerprint density at radius 1 is 1.43 bits per heavy atom. The Hall–Kier alpha value is -1.06. The molecule has 0 aliphatic heterocycles. The average molecular weight is 206 g/mol. The van der Waals surface area contributed by atoms with Crippen molar-refractivity contribution in [2.24, 2.45) is 0 Å². The van der Waals surface area contributed by atoms with E-state index in [9.17, 15) is 0 Å². The molecule has 0 bridgehead atoms. The Morgan fingerprint density at radius 3 is 2.79 bits per heavy atom. The molecule has 0 heterocycles. The maximum atomic E-state index is 4.02. The smallest absolute Gasteiger partial charge is 0.0653 e. The van der Waals surface area contributed by atoms with E-state index in [2.05, 4.69) is 42.3 Å². The monoisotopic (exact) mass is 206 g/mol. The highest BCUT2D eigenvalue weighted by molar-refractivity contribution is 6.42. The molecule has 0 saturated carbocycles. The first kappa shape index (κ1) is 11.0.